The molecule has 0 atom stereocenters. The van der Waals surface area contributed by atoms with Gasteiger partial charge < -0.3 is 15.0 Å². The van der Waals surface area contributed by atoms with E-state index in [0.717, 1.165) is 11.3 Å². The number of aryl methyl sites for hydroxylation is 1. The Morgan fingerprint density at radius 1 is 1.10 bits per heavy atom. The largest absolute Gasteiger partial charge is 0.484 e. The Morgan fingerprint density at radius 2 is 1.81 bits per heavy atom. The Kier molecular flexibility index (Phi) is 6.62. The summed E-state index contributed by atoms with van der Waals surface area (Å²) in [5, 5.41) is 5.50. The van der Waals surface area contributed by atoms with Crippen LogP contribution in [0.4, 0.5) is 5.13 Å². The molecular formula is C24H25N3O3S. The monoisotopic (exact) mass is 435 g/mol. The first-order valence-corrected chi connectivity index (χ1v) is 11.3. The summed E-state index contributed by atoms with van der Waals surface area (Å²) in [6.07, 6.45) is 1.28. The number of thiazole rings is 1. The number of para-hydroxylation sites is 1. The first-order chi connectivity index (χ1) is 15.1. The number of benzene rings is 2. The van der Waals surface area contributed by atoms with Gasteiger partial charge in [0, 0.05) is 30.0 Å². The van der Waals surface area contributed by atoms with Crippen molar-refractivity contribution in [2.45, 2.75) is 19.8 Å². The summed E-state index contributed by atoms with van der Waals surface area (Å²) in [6.45, 7) is 3.18. The van der Waals surface area contributed by atoms with Crippen molar-refractivity contribution in [1.29, 1.82) is 0 Å². The number of amides is 2. The predicted molar refractivity (Wildman–Crippen MR) is 122 cm³/mol. The van der Waals surface area contributed by atoms with E-state index in [2.05, 4.69) is 10.3 Å². The minimum absolute atomic E-state index is 0.0157. The molecule has 31 heavy (non-hydrogen) atoms. The van der Waals surface area contributed by atoms with Crippen LogP contribution in [0.3, 0.4) is 0 Å². The topological polar surface area (TPSA) is 71.5 Å². The Labute approximate surface area is 185 Å². The second-order valence-electron chi connectivity index (χ2n) is 7.65. The highest BCUT2D eigenvalue weighted by Gasteiger charge is 2.28. The van der Waals surface area contributed by atoms with Gasteiger partial charge in [-0.1, -0.05) is 48.0 Å². The molecule has 2 amide bonds. The molecule has 2 heterocycles. The van der Waals surface area contributed by atoms with Gasteiger partial charge in [-0.3, -0.25) is 9.59 Å². The fraction of sp³-hybridized carbons (Fsp3) is 0.292. The molecule has 1 aromatic heterocycles. The summed E-state index contributed by atoms with van der Waals surface area (Å²) >= 11 is 1.43. The average molecular weight is 436 g/mol. The highest BCUT2D eigenvalue weighted by atomic mass is 32.1. The van der Waals surface area contributed by atoms with E-state index in [4.69, 9.17) is 4.74 Å². The third-order valence-corrected chi connectivity index (χ3v) is 6.16. The number of nitrogens with zero attached hydrogens (tertiary/aromatic N) is 2. The van der Waals surface area contributed by atoms with Crippen molar-refractivity contribution in [2.75, 3.05) is 25.0 Å². The fourth-order valence-corrected chi connectivity index (χ4v) is 4.26. The van der Waals surface area contributed by atoms with E-state index in [1.807, 2.05) is 66.9 Å². The van der Waals surface area contributed by atoms with Crippen LogP contribution in [-0.4, -0.2) is 41.4 Å². The molecule has 7 heteroatoms. The number of likely N-dealkylation sites (tertiary alicyclic amines) is 1. The zero-order chi connectivity index (χ0) is 21.6. The van der Waals surface area contributed by atoms with E-state index in [1.165, 1.54) is 16.9 Å². The zero-order valence-electron chi connectivity index (χ0n) is 17.4. The number of carbonyl (C=O) groups is 2. The maximum absolute atomic E-state index is 12.7. The molecule has 3 aromatic rings. The average Bonchev–Trinajstić information content (AvgIpc) is 3.27. The van der Waals surface area contributed by atoms with Crippen molar-refractivity contribution >= 4 is 28.3 Å². The fourth-order valence-electron chi connectivity index (χ4n) is 3.54. The van der Waals surface area contributed by atoms with E-state index in [1.54, 1.807) is 4.90 Å². The Hall–Kier alpha value is -3.19. The van der Waals surface area contributed by atoms with Crippen LogP contribution in [0.25, 0.3) is 11.3 Å². The van der Waals surface area contributed by atoms with Gasteiger partial charge in [0.2, 0.25) is 5.91 Å². The lowest BCUT2D eigenvalue weighted by Crippen LogP contribution is -2.43. The highest BCUT2D eigenvalue weighted by molar-refractivity contribution is 7.14. The first kappa shape index (κ1) is 21.1. The normalized spacial score (nSPS) is 14.3. The van der Waals surface area contributed by atoms with Crippen molar-refractivity contribution in [1.82, 2.24) is 9.88 Å². The van der Waals surface area contributed by atoms with Crippen LogP contribution in [0.15, 0.2) is 60.0 Å². The van der Waals surface area contributed by atoms with Crippen molar-refractivity contribution < 1.29 is 14.3 Å². The van der Waals surface area contributed by atoms with Crippen LogP contribution in [0.5, 0.6) is 5.75 Å². The van der Waals surface area contributed by atoms with Crippen LogP contribution < -0.4 is 10.1 Å². The number of aromatic nitrogens is 1. The molecule has 0 spiro atoms. The Bertz CT molecular complexity index is 1030. The molecule has 6 nitrogen and oxygen atoms in total. The third kappa shape index (κ3) is 5.49. The molecule has 0 bridgehead atoms. The molecule has 0 radical (unpaired) electrons. The standard InChI is InChI=1S/C24H25N3O3S/c1-17-7-9-18(10-8-17)21-16-31-24(25-21)26-23(29)19-11-13-27(14-12-19)22(28)15-30-20-5-3-2-4-6-20/h2-10,16,19H,11-15H2,1H3,(H,25,26,29). The number of nitrogens with one attached hydrogen (secondary N) is 1. The molecule has 1 fully saturated rings. The minimum atomic E-state index is -0.120. The number of anilines is 1. The highest BCUT2D eigenvalue weighted by Crippen LogP contribution is 2.26. The molecule has 1 saturated heterocycles. The second-order valence-corrected chi connectivity index (χ2v) is 8.51. The van der Waals surface area contributed by atoms with Crippen LogP contribution in [0, 0.1) is 12.8 Å². The van der Waals surface area contributed by atoms with Crippen LogP contribution >= 0.6 is 11.3 Å². The van der Waals surface area contributed by atoms with Gasteiger partial charge in [0.25, 0.3) is 5.91 Å². The molecule has 1 aliphatic heterocycles. The zero-order valence-corrected chi connectivity index (χ0v) is 18.2. The number of piperidine rings is 1. The molecule has 0 unspecified atom stereocenters. The van der Waals surface area contributed by atoms with Gasteiger partial charge in [-0.2, -0.15) is 0 Å². The summed E-state index contributed by atoms with van der Waals surface area (Å²) in [5.41, 5.74) is 3.09. The van der Waals surface area contributed by atoms with Crippen molar-refractivity contribution in [3.05, 3.63) is 65.5 Å². The van der Waals surface area contributed by atoms with Gasteiger partial charge in [-0.25, -0.2) is 4.98 Å². The maximum atomic E-state index is 12.7. The number of hydrogen-bond donors (Lipinski definition) is 1. The molecule has 0 aliphatic carbocycles. The van der Waals surface area contributed by atoms with Crippen LogP contribution in [-0.2, 0) is 9.59 Å². The van der Waals surface area contributed by atoms with Gasteiger partial charge in [-0.05, 0) is 31.9 Å². The van der Waals surface area contributed by atoms with E-state index in [0.29, 0.717) is 36.8 Å². The van der Waals surface area contributed by atoms with E-state index < -0.39 is 0 Å². The van der Waals surface area contributed by atoms with E-state index in [-0.39, 0.29) is 24.3 Å². The van der Waals surface area contributed by atoms with Crippen molar-refractivity contribution in [2.24, 2.45) is 5.92 Å². The lowest BCUT2D eigenvalue weighted by molar-refractivity contribution is -0.136. The first-order valence-electron chi connectivity index (χ1n) is 10.4. The van der Waals surface area contributed by atoms with E-state index >= 15 is 0 Å². The summed E-state index contributed by atoms with van der Waals surface area (Å²) in [5.74, 6) is 0.479. The predicted octanol–water partition coefficient (Wildman–Crippen LogP) is 4.37. The lowest BCUT2D eigenvalue weighted by atomic mass is 9.96. The van der Waals surface area contributed by atoms with Gasteiger partial charge >= 0.3 is 0 Å². The summed E-state index contributed by atoms with van der Waals surface area (Å²) < 4.78 is 5.54. The number of carbonyl (C=O) groups excluding carboxylic acids is 2. The lowest BCUT2D eigenvalue weighted by Gasteiger charge is -2.31. The molecule has 1 aliphatic rings. The van der Waals surface area contributed by atoms with Gasteiger partial charge in [0.15, 0.2) is 11.7 Å². The van der Waals surface area contributed by atoms with Gasteiger partial charge in [0.05, 0.1) is 5.69 Å². The number of ether oxygens (including phenoxy) is 1. The van der Waals surface area contributed by atoms with Crippen molar-refractivity contribution in [3.8, 4) is 17.0 Å². The molecular weight excluding hydrogens is 410 g/mol. The van der Waals surface area contributed by atoms with Gasteiger partial charge in [0.1, 0.15) is 5.75 Å². The number of rotatable bonds is 6. The quantitative estimate of drug-likeness (QED) is 0.624. The summed E-state index contributed by atoms with van der Waals surface area (Å²) in [6, 6.07) is 17.5. The summed E-state index contributed by atoms with van der Waals surface area (Å²) in [7, 11) is 0. The Balaban J connectivity index is 1.25. The molecule has 160 valence electrons. The van der Waals surface area contributed by atoms with Gasteiger partial charge in [-0.15, -0.1) is 11.3 Å². The Morgan fingerprint density at radius 3 is 2.52 bits per heavy atom. The van der Waals surface area contributed by atoms with Crippen LogP contribution in [0.2, 0.25) is 0 Å². The molecule has 0 saturated carbocycles. The number of hydrogen-bond acceptors (Lipinski definition) is 5. The third-order valence-electron chi connectivity index (χ3n) is 5.41. The molecule has 2 aromatic carbocycles. The van der Waals surface area contributed by atoms with E-state index in [9.17, 15) is 9.59 Å². The minimum Gasteiger partial charge on any atom is -0.484 e. The SMILES string of the molecule is Cc1ccc(-c2csc(NC(=O)C3CCN(C(=O)COc4ccccc4)CC3)n2)cc1. The molecule has 4 rings (SSSR count). The van der Waals surface area contributed by atoms with Crippen molar-refractivity contribution in [3.63, 3.8) is 0 Å². The van der Waals surface area contributed by atoms with Crippen LogP contribution in [0.1, 0.15) is 18.4 Å². The summed E-state index contributed by atoms with van der Waals surface area (Å²) in [4.78, 5) is 31.4. The molecule has 1 N–H and O–H groups in total. The maximum Gasteiger partial charge on any atom is 0.260 e. The smallest absolute Gasteiger partial charge is 0.260 e. The second kappa shape index (κ2) is 9.75.